The highest BCUT2D eigenvalue weighted by molar-refractivity contribution is 5.94. The van der Waals surface area contributed by atoms with Crippen LogP contribution in [0.5, 0.6) is 0 Å². The zero-order valence-electron chi connectivity index (χ0n) is 10.7. The molecule has 20 heavy (non-hydrogen) atoms. The molecule has 104 valence electrons. The number of para-hydroxylation sites is 1. The summed E-state index contributed by atoms with van der Waals surface area (Å²) in [7, 11) is 0. The molecule has 0 aliphatic rings. The van der Waals surface area contributed by atoms with Gasteiger partial charge in [-0.15, -0.1) is 0 Å². The van der Waals surface area contributed by atoms with E-state index >= 15 is 0 Å². The molecule has 2 aromatic carbocycles. The van der Waals surface area contributed by atoms with Crippen molar-refractivity contribution in [2.45, 2.75) is 13.0 Å². The van der Waals surface area contributed by atoms with Crippen LogP contribution in [0, 0.1) is 11.6 Å². The lowest BCUT2D eigenvalue weighted by Gasteiger charge is -2.18. The summed E-state index contributed by atoms with van der Waals surface area (Å²) < 4.78 is 26.8. The molecule has 0 radical (unpaired) electrons. The van der Waals surface area contributed by atoms with Gasteiger partial charge in [0.15, 0.2) is 0 Å². The Bertz CT molecular complexity index is 644. The molecule has 5 heteroatoms. The Morgan fingerprint density at radius 3 is 2.60 bits per heavy atom. The largest absolute Gasteiger partial charge is 0.478 e. The standard InChI is InChI=1S/C15H13F2NO2/c1-9(12-8-10(16)6-7-13(12)17)18-14-5-3-2-4-11(14)15(19)20/h2-9,18H,1H3,(H,19,20). The lowest BCUT2D eigenvalue weighted by molar-refractivity contribution is 0.0698. The second-order valence-corrected chi connectivity index (χ2v) is 4.38. The van der Waals surface area contributed by atoms with Gasteiger partial charge in [0.25, 0.3) is 0 Å². The predicted octanol–water partition coefficient (Wildman–Crippen LogP) is 3.84. The second kappa shape index (κ2) is 5.69. The van der Waals surface area contributed by atoms with Gasteiger partial charge in [0, 0.05) is 11.3 Å². The number of carboxylic acid groups (broad SMARTS) is 1. The number of carbonyl (C=O) groups is 1. The first-order valence-electron chi connectivity index (χ1n) is 6.03. The van der Waals surface area contributed by atoms with Crippen LogP contribution in [0.1, 0.15) is 28.9 Å². The van der Waals surface area contributed by atoms with Crippen molar-refractivity contribution in [3.05, 3.63) is 65.2 Å². The van der Waals surface area contributed by atoms with Crippen molar-refractivity contribution in [1.82, 2.24) is 0 Å². The maximum atomic E-state index is 13.7. The Kier molecular flexibility index (Phi) is 3.98. The highest BCUT2D eigenvalue weighted by Gasteiger charge is 2.15. The number of hydrogen-bond donors (Lipinski definition) is 2. The van der Waals surface area contributed by atoms with E-state index in [-0.39, 0.29) is 11.1 Å². The Morgan fingerprint density at radius 1 is 1.20 bits per heavy atom. The first kappa shape index (κ1) is 14.0. The normalized spacial score (nSPS) is 11.9. The molecule has 0 spiro atoms. The highest BCUT2D eigenvalue weighted by atomic mass is 19.1. The van der Waals surface area contributed by atoms with Crippen molar-refractivity contribution < 1.29 is 18.7 Å². The molecule has 2 N–H and O–H groups in total. The molecular formula is C15H13F2NO2. The van der Waals surface area contributed by atoms with Crippen LogP contribution in [-0.4, -0.2) is 11.1 Å². The van der Waals surface area contributed by atoms with Gasteiger partial charge in [0.05, 0.1) is 11.6 Å². The van der Waals surface area contributed by atoms with Crippen molar-refractivity contribution in [2.24, 2.45) is 0 Å². The first-order chi connectivity index (χ1) is 9.49. The number of halogens is 2. The molecule has 0 aromatic heterocycles. The molecule has 0 saturated heterocycles. The van der Waals surface area contributed by atoms with Gasteiger partial charge < -0.3 is 10.4 Å². The summed E-state index contributed by atoms with van der Waals surface area (Å²) >= 11 is 0. The fraction of sp³-hybridized carbons (Fsp3) is 0.133. The molecule has 1 atom stereocenters. The summed E-state index contributed by atoms with van der Waals surface area (Å²) in [5.41, 5.74) is 0.581. The van der Waals surface area contributed by atoms with E-state index in [1.807, 2.05) is 0 Å². The smallest absolute Gasteiger partial charge is 0.337 e. The summed E-state index contributed by atoms with van der Waals surface area (Å²) in [6, 6.07) is 8.91. The zero-order chi connectivity index (χ0) is 14.7. The predicted molar refractivity (Wildman–Crippen MR) is 71.8 cm³/mol. The minimum atomic E-state index is -1.08. The third-order valence-corrected chi connectivity index (χ3v) is 2.95. The van der Waals surface area contributed by atoms with Crippen molar-refractivity contribution >= 4 is 11.7 Å². The number of anilines is 1. The van der Waals surface area contributed by atoms with Crippen LogP contribution in [-0.2, 0) is 0 Å². The summed E-state index contributed by atoms with van der Waals surface area (Å²) in [5, 5.41) is 12.0. The Morgan fingerprint density at radius 2 is 1.90 bits per heavy atom. The summed E-state index contributed by atoms with van der Waals surface area (Å²) in [5.74, 6) is -2.17. The van der Waals surface area contributed by atoms with Gasteiger partial charge >= 0.3 is 5.97 Å². The number of benzene rings is 2. The monoisotopic (exact) mass is 277 g/mol. The molecule has 0 bridgehead atoms. The number of rotatable bonds is 4. The van der Waals surface area contributed by atoms with Gasteiger partial charge in [-0.2, -0.15) is 0 Å². The van der Waals surface area contributed by atoms with Gasteiger partial charge in [-0.1, -0.05) is 12.1 Å². The minimum absolute atomic E-state index is 0.0798. The molecule has 2 aromatic rings. The molecule has 0 fully saturated rings. The van der Waals surface area contributed by atoms with Crippen molar-refractivity contribution in [3.8, 4) is 0 Å². The topological polar surface area (TPSA) is 49.3 Å². The quantitative estimate of drug-likeness (QED) is 0.892. The van der Waals surface area contributed by atoms with Crippen molar-refractivity contribution in [2.75, 3.05) is 5.32 Å². The van der Waals surface area contributed by atoms with Crippen molar-refractivity contribution in [1.29, 1.82) is 0 Å². The number of nitrogens with one attached hydrogen (secondary N) is 1. The Labute approximate surface area is 114 Å². The van der Waals surface area contributed by atoms with Crippen LogP contribution in [0.15, 0.2) is 42.5 Å². The molecule has 3 nitrogen and oxygen atoms in total. The van der Waals surface area contributed by atoms with Crippen molar-refractivity contribution in [3.63, 3.8) is 0 Å². The number of hydrogen-bond acceptors (Lipinski definition) is 2. The van der Waals surface area contributed by atoms with E-state index in [4.69, 9.17) is 5.11 Å². The number of carboxylic acids is 1. The van der Waals surface area contributed by atoms with E-state index in [0.29, 0.717) is 5.69 Å². The van der Waals surface area contributed by atoms with Crippen LogP contribution < -0.4 is 5.32 Å². The van der Waals surface area contributed by atoms with Crippen LogP contribution >= 0.6 is 0 Å². The molecule has 0 amide bonds. The molecule has 0 heterocycles. The van der Waals surface area contributed by atoms with E-state index in [1.165, 1.54) is 6.07 Å². The Balaban J connectivity index is 2.30. The maximum Gasteiger partial charge on any atom is 0.337 e. The van der Waals surface area contributed by atoms with Crippen LogP contribution in [0.4, 0.5) is 14.5 Å². The van der Waals surface area contributed by atoms with Crippen LogP contribution in [0.2, 0.25) is 0 Å². The van der Waals surface area contributed by atoms with E-state index in [2.05, 4.69) is 5.32 Å². The third-order valence-electron chi connectivity index (χ3n) is 2.95. The van der Waals surface area contributed by atoms with E-state index in [0.717, 1.165) is 18.2 Å². The van der Waals surface area contributed by atoms with Crippen LogP contribution in [0.3, 0.4) is 0 Å². The summed E-state index contributed by atoms with van der Waals surface area (Å²) in [4.78, 5) is 11.1. The van der Waals surface area contributed by atoms with Crippen LogP contribution in [0.25, 0.3) is 0 Å². The van der Waals surface area contributed by atoms with Gasteiger partial charge in [-0.3, -0.25) is 0 Å². The highest BCUT2D eigenvalue weighted by Crippen LogP contribution is 2.24. The lowest BCUT2D eigenvalue weighted by Crippen LogP contribution is -2.12. The molecule has 0 aliphatic heterocycles. The SMILES string of the molecule is CC(Nc1ccccc1C(=O)O)c1cc(F)ccc1F. The average Bonchev–Trinajstić information content (AvgIpc) is 2.41. The summed E-state index contributed by atoms with van der Waals surface area (Å²) in [6.07, 6.45) is 0. The van der Waals surface area contributed by atoms with E-state index in [1.54, 1.807) is 25.1 Å². The lowest BCUT2D eigenvalue weighted by atomic mass is 10.1. The van der Waals surface area contributed by atoms with E-state index in [9.17, 15) is 13.6 Å². The fourth-order valence-corrected chi connectivity index (χ4v) is 1.95. The first-order valence-corrected chi connectivity index (χ1v) is 6.03. The second-order valence-electron chi connectivity index (χ2n) is 4.38. The van der Waals surface area contributed by atoms with Gasteiger partial charge in [-0.25, -0.2) is 13.6 Å². The van der Waals surface area contributed by atoms with Gasteiger partial charge in [0.2, 0.25) is 0 Å². The molecule has 2 rings (SSSR count). The molecular weight excluding hydrogens is 264 g/mol. The molecule has 1 unspecified atom stereocenters. The summed E-state index contributed by atoms with van der Waals surface area (Å²) in [6.45, 7) is 1.64. The average molecular weight is 277 g/mol. The van der Waals surface area contributed by atoms with Gasteiger partial charge in [0.1, 0.15) is 11.6 Å². The van der Waals surface area contributed by atoms with Gasteiger partial charge in [-0.05, 0) is 37.3 Å². The van der Waals surface area contributed by atoms with E-state index < -0.39 is 23.6 Å². The Hall–Kier alpha value is -2.43. The molecule has 0 saturated carbocycles. The number of aromatic carboxylic acids is 1. The maximum absolute atomic E-state index is 13.7. The minimum Gasteiger partial charge on any atom is -0.478 e. The third kappa shape index (κ3) is 2.93. The zero-order valence-corrected chi connectivity index (χ0v) is 10.7. The fourth-order valence-electron chi connectivity index (χ4n) is 1.95. The molecule has 0 aliphatic carbocycles.